The molecule has 30 heavy (non-hydrogen) atoms. The lowest BCUT2D eigenvalue weighted by Crippen LogP contribution is -2.14. The van der Waals surface area contributed by atoms with Gasteiger partial charge in [0.15, 0.2) is 0 Å². The van der Waals surface area contributed by atoms with Gasteiger partial charge in [0.1, 0.15) is 0 Å². The minimum absolute atomic E-state index is 0.0374. The number of ether oxygens (including phenoxy) is 1. The van der Waals surface area contributed by atoms with Gasteiger partial charge in [-0.1, -0.05) is 136 Å². The van der Waals surface area contributed by atoms with Crippen molar-refractivity contribution in [2.75, 3.05) is 6.61 Å². The van der Waals surface area contributed by atoms with E-state index in [1.165, 1.54) is 128 Å². The van der Waals surface area contributed by atoms with E-state index < -0.39 is 0 Å². The maximum atomic E-state index is 12.1. The molecule has 0 rings (SSSR count). The molecule has 0 aromatic rings. The van der Waals surface area contributed by atoms with Crippen molar-refractivity contribution in [1.82, 2.24) is 0 Å². The second kappa shape index (κ2) is 24.7. The highest BCUT2D eigenvalue weighted by Gasteiger charge is 2.12. The minimum atomic E-state index is 0.0374. The fourth-order valence-electron chi connectivity index (χ4n) is 4.23. The number of hydrogen-bond donors (Lipinski definition) is 0. The Morgan fingerprint density at radius 2 is 0.933 bits per heavy atom. The van der Waals surface area contributed by atoms with Gasteiger partial charge in [0, 0.05) is 6.42 Å². The maximum Gasteiger partial charge on any atom is 0.305 e. The van der Waals surface area contributed by atoms with E-state index in [1.807, 2.05) is 0 Å². The van der Waals surface area contributed by atoms with Crippen LogP contribution >= 0.6 is 0 Å². The lowest BCUT2D eigenvalue weighted by atomic mass is 9.96. The zero-order valence-electron chi connectivity index (χ0n) is 21.2. The first-order valence-electron chi connectivity index (χ1n) is 13.9. The normalized spacial score (nSPS) is 12.2. The van der Waals surface area contributed by atoms with E-state index in [0.29, 0.717) is 18.9 Å². The topological polar surface area (TPSA) is 26.3 Å². The molecule has 0 aromatic carbocycles. The molecule has 0 amide bonds. The highest BCUT2D eigenvalue weighted by Crippen LogP contribution is 2.19. The summed E-state index contributed by atoms with van der Waals surface area (Å²) >= 11 is 0. The van der Waals surface area contributed by atoms with Crippen LogP contribution in [-0.2, 0) is 9.53 Å². The molecule has 1 unspecified atom stereocenters. The Morgan fingerprint density at radius 1 is 0.533 bits per heavy atom. The first-order chi connectivity index (χ1) is 14.7. The van der Waals surface area contributed by atoms with Gasteiger partial charge < -0.3 is 4.74 Å². The van der Waals surface area contributed by atoms with Gasteiger partial charge >= 0.3 is 5.97 Å². The van der Waals surface area contributed by atoms with E-state index in [9.17, 15) is 4.79 Å². The van der Waals surface area contributed by atoms with Gasteiger partial charge in [-0.25, -0.2) is 0 Å². The Kier molecular flexibility index (Phi) is 24.3. The number of esters is 1. The molecule has 0 spiro atoms. The molecular weight excluding hydrogens is 368 g/mol. The predicted molar refractivity (Wildman–Crippen MR) is 133 cm³/mol. The van der Waals surface area contributed by atoms with Crippen LogP contribution in [0.4, 0.5) is 0 Å². The molecule has 0 aliphatic rings. The van der Waals surface area contributed by atoms with Crippen LogP contribution in [0.3, 0.4) is 0 Å². The average molecular weight is 425 g/mol. The third-order valence-electron chi connectivity index (χ3n) is 6.40. The van der Waals surface area contributed by atoms with Crippen molar-refractivity contribution >= 4 is 5.97 Å². The van der Waals surface area contributed by atoms with Crippen molar-refractivity contribution in [1.29, 1.82) is 0 Å². The Bertz CT molecular complexity index is 340. The monoisotopic (exact) mass is 424 g/mol. The van der Waals surface area contributed by atoms with Crippen LogP contribution in [0, 0.1) is 5.92 Å². The molecule has 0 fully saturated rings. The molecular formula is C28H56O2. The molecule has 0 saturated carbocycles. The van der Waals surface area contributed by atoms with E-state index in [4.69, 9.17) is 4.74 Å². The number of carbonyl (C=O) groups excluding carboxylic acids is 1. The standard InChI is InChI=1S/C28H56O2/c1-4-7-10-12-14-15-16-17-18-20-22-25-28(29)30-26-27(23-9-6-3)24-21-19-13-11-8-5-2/h27H,4-26H2,1-3H3. The van der Waals surface area contributed by atoms with Crippen LogP contribution in [-0.4, -0.2) is 12.6 Å². The fraction of sp³-hybridized carbons (Fsp3) is 0.964. The number of unbranched alkanes of at least 4 members (excludes halogenated alkanes) is 16. The van der Waals surface area contributed by atoms with Gasteiger partial charge in [0.2, 0.25) is 0 Å². The average Bonchev–Trinajstić information content (AvgIpc) is 2.75. The summed E-state index contributed by atoms with van der Waals surface area (Å²) in [5.74, 6) is 0.618. The molecule has 0 radical (unpaired) electrons. The lowest BCUT2D eigenvalue weighted by molar-refractivity contribution is -0.145. The summed E-state index contributed by atoms with van der Waals surface area (Å²) in [6.45, 7) is 7.45. The summed E-state index contributed by atoms with van der Waals surface area (Å²) in [7, 11) is 0. The highest BCUT2D eigenvalue weighted by molar-refractivity contribution is 5.69. The Hall–Kier alpha value is -0.530. The second-order valence-electron chi connectivity index (χ2n) is 9.53. The van der Waals surface area contributed by atoms with Crippen molar-refractivity contribution in [3.63, 3.8) is 0 Å². The molecule has 0 N–H and O–H groups in total. The summed E-state index contributed by atoms with van der Waals surface area (Å²) in [6, 6.07) is 0. The van der Waals surface area contributed by atoms with E-state index in [2.05, 4.69) is 20.8 Å². The van der Waals surface area contributed by atoms with Crippen molar-refractivity contribution in [2.45, 2.75) is 162 Å². The van der Waals surface area contributed by atoms with Crippen molar-refractivity contribution in [3.8, 4) is 0 Å². The molecule has 0 saturated heterocycles. The molecule has 2 heteroatoms. The fourth-order valence-corrected chi connectivity index (χ4v) is 4.23. The van der Waals surface area contributed by atoms with Gasteiger partial charge in [0.25, 0.3) is 0 Å². The molecule has 0 aliphatic heterocycles. The predicted octanol–water partition coefficient (Wildman–Crippen LogP) is 9.79. The second-order valence-corrected chi connectivity index (χ2v) is 9.53. The van der Waals surface area contributed by atoms with Crippen molar-refractivity contribution < 1.29 is 9.53 Å². The summed E-state index contributed by atoms with van der Waals surface area (Å²) in [4.78, 5) is 12.1. The van der Waals surface area contributed by atoms with Gasteiger partial charge in [-0.05, 0) is 25.2 Å². The van der Waals surface area contributed by atoms with Crippen LogP contribution in [0.2, 0.25) is 0 Å². The largest absolute Gasteiger partial charge is 0.465 e. The SMILES string of the molecule is CCCCCCCCCCCCCC(=O)OCC(CCCC)CCCCCCCC. The summed E-state index contributed by atoms with van der Waals surface area (Å²) < 4.78 is 5.65. The van der Waals surface area contributed by atoms with E-state index in [0.717, 1.165) is 6.42 Å². The summed E-state index contributed by atoms with van der Waals surface area (Å²) in [5.41, 5.74) is 0. The van der Waals surface area contributed by atoms with Crippen LogP contribution < -0.4 is 0 Å². The summed E-state index contributed by atoms with van der Waals surface area (Å²) in [5, 5.41) is 0. The highest BCUT2D eigenvalue weighted by atomic mass is 16.5. The molecule has 1 atom stereocenters. The van der Waals surface area contributed by atoms with Crippen LogP contribution in [0.1, 0.15) is 162 Å². The van der Waals surface area contributed by atoms with Crippen LogP contribution in [0.5, 0.6) is 0 Å². The third kappa shape index (κ3) is 22.2. The van der Waals surface area contributed by atoms with E-state index in [-0.39, 0.29) is 5.97 Å². The Labute approximate surface area is 190 Å². The van der Waals surface area contributed by atoms with E-state index in [1.54, 1.807) is 0 Å². The lowest BCUT2D eigenvalue weighted by Gasteiger charge is -2.17. The van der Waals surface area contributed by atoms with Gasteiger partial charge in [0.05, 0.1) is 6.61 Å². The first kappa shape index (κ1) is 29.5. The molecule has 180 valence electrons. The number of rotatable bonds is 24. The smallest absolute Gasteiger partial charge is 0.305 e. The minimum Gasteiger partial charge on any atom is -0.465 e. The number of carbonyl (C=O) groups is 1. The summed E-state index contributed by atoms with van der Waals surface area (Å²) in [6.07, 6.45) is 28.2. The quantitative estimate of drug-likeness (QED) is 0.114. The van der Waals surface area contributed by atoms with Gasteiger partial charge in [-0.15, -0.1) is 0 Å². The van der Waals surface area contributed by atoms with Crippen LogP contribution in [0.15, 0.2) is 0 Å². The zero-order valence-corrected chi connectivity index (χ0v) is 21.2. The third-order valence-corrected chi connectivity index (χ3v) is 6.40. The molecule has 2 nitrogen and oxygen atoms in total. The molecule has 0 heterocycles. The first-order valence-corrected chi connectivity index (χ1v) is 13.9. The van der Waals surface area contributed by atoms with E-state index >= 15 is 0 Å². The molecule has 0 bridgehead atoms. The maximum absolute atomic E-state index is 12.1. The van der Waals surface area contributed by atoms with Gasteiger partial charge in [-0.2, -0.15) is 0 Å². The van der Waals surface area contributed by atoms with Crippen molar-refractivity contribution in [2.24, 2.45) is 5.92 Å². The molecule has 0 aliphatic carbocycles. The molecule has 0 aromatic heterocycles. The van der Waals surface area contributed by atoms with Gasteiger partial charge in [-0.3, -0.25) is 4.79 Å². The Balaban J connectivity index is 3.63. The van der Waals surface area contributed by atoms with Crippen LogP contribution in [0.25, 0.3) is 0 Å². The Morgan fingerprint density at radius 3 is 1.43 bits per heavy atom. The number of hydrogen-bond acceptors (Lipinski definition) is 2. The zero-order chi connectivity index (χ0) is 22.1. The van der Waals surface area contributed by atoms with Crippen molar-refractivity contribution in [3.05, 3.63) is 0 Å².